The molecule has 1 aliphatic carbocycles. The molecule has 0 aromatic heterocycles. The van der Waals surface area contributed by atoms with Crippen molar-refractivity contribution in [1.82, 2.24) is 5.32 Å². The highest BCUT2D eigenvalue weighted by atomic mass is 32.2. The summed E-state index contributed by atoms with van der Waals surface area (Å²) in [5.41, 5.74) is -1.70. The fourth-order valence-corrected chi connectivity index (χ4v) is 3.09. The Kier molecular flexibility index (Phi) is 5.99. The van der Waals surface area contributed by atoms with E-state index >= 15 is 0 Å². The minimum atomic E-state index is -4.11. The van der Waals surface area contributed by atoms with E-state index in [1.807, 2.05) is 19.1 Å². The fraction of sp³-hybridized carbons (Fsp3) is 0.625. The first kappa shape index (κ1) is 16.7. The Morgan fingerprint density at radius 2 is 2.10 bits per heavy atom. The van der Waals surface area contributed by atoms with Crippen LogP contribution in [0.15, 0.2) is 24.3 Å². The molecule has 0 saturated heterocycles. The predicted molar refractivity (Wildman–Crippen MR) is 82.5 cm³/mol. The Morgan fingerprint density at radius 1 is 1.33 bits per heavy atom. The van der Waals surface area contributed by atoms with E-state index < -0.39 is 5.51 Å². The number of halogens is 3. The van der Waals surface area contributed by atoms with Gasteiger partial charge < -0.3 is 5.32 Å². The van der Waals surface area contributed by atoms with Crippen molar-refractivity contribution >= 4 is 11.8 Å². The molecule has 1 saturated carbocycles. The predicted octanol–water partition coefficient (Wildman–Crippen LogP) is 4.55. The minimum absolute atomic E-state index is 0.0977. The summed E-state index contributed by atoms with van der Waals surface area (Å²) >= 11 is 0.0977. The zero-order valence-electron chi connectivity index (χ0n) is 12.2. The molecule has 0 spiro atoms. The van der Waals surface area contributed by atoms with Gasteiger partial charge >= 0.3 is 5.51 Å². The standard InChI is InChI=1S/C16H22F3NS/c1-12-3-2-4-13(9-12)10-14(11-20-15-5-6-15)7-8-21-16(17,18)19/h2-4,9,14-15,20H,5-8,10-11H2,1H3. The van der Waals surface area contributed by atoms with Gasteiger partial charge in [-0.05, 0) is 50.6 Å². The second-order valence-corrected chi connectivity index (χ2v) is 6.98. The first-order chi connectivity index (χ1) is 9.92. The summed E-state index contributed by atoms with van der Waals surface area (Å²) in [5.74, 6) is 0.411. The molecular formula is C16H22F3NS. The van der Waals surface area contributed by atoms with E-state index in [1.165, 1.54) is 24.0 Å². The van der Waals surface area contributed by atoms with Crippen molar-refractivity contribution in [2.45, 2.75) is 44.2 Å². The van der Waals surface area contributed by atoms with Crippen molar-refractivity contribution in [3.63, 3.8) is 0 Å². The second-order valence-electron chi connectivity index (χ2n) is 5.82. The Labute approximate surface area is 128 Å². The third-order valence-corrected chi connectivity index (χ3v) is 4.44. The van der Waals surface area contributed by atoms with E-state index in [2.05, 4.69) is 17.4 Å². The lowest BCUT2D eigenvalue weighted by Crippen LogP contribution is -2.26. The molecule has 21 heavy (non-hydrogen) atoms. The highest BCUT2D eigenvalue weighted by molar-refractivity contribution is 8.00. The maximum atomic E-state index is 12.3. The molecule has 1 fully saturated rings. The summed E-state index contributed by atoms with van der Waals surface area (Å²) in [5, 5.41) is 3.45. The lowest BCUT2D eigenvalue weighted by molar-refractivity contribution is -0.0328. The Hall–Kier alpha value is -0.680. The highest BCUT2D eigenvalue weighted by Crippen LogP contribution is 2.31. The molecule has 1 aromatic rings. The van der Waals surface area contributed by atoms with Gasteiger partial charge in [-0.1, -0.05) is 41.6 Å². The van der Waals surface area contributed by atoms with Crippen LogP contribution < -0.4 is 5.32 Å². The van der Waals surface area contributed by atoms with Crippen LogP contribution in [-0.4, -0.2) is 23.8 Å². The van der Waals surface area contributed by atoms with E-state index in [9.17, 15) is 13.2 Å². The molecule has 0 aliphatic heterocycles. The summed E-state index contributed by atoms with van der Waals surface area (Å²) in [4.78, 5) is 0. The first-order valence-corrected chi connectivity index (χ1v) is 8.40. The van der Waals surface area contributed by atoms with Gasteiger partial charge in [-0.25, -0.2) is 0 Å². The monoisotopic (exact) mass is 317 g/mol. The van der Waals surface area contributed by atoms with Gasteiger partial charge in [-0.3, -0.25) is 0 Å². The molecule has 1 atom stereocenters. The SMILES string of the molecule is Cc1cccc(CC(CCSC(F)(F)F)CNC2CC2)c1. The lowest BCUT2D eigenvalue weighted by atomic mass is 9.96. The number of rotatable bonds is 8. The van der Waals surface area contributed by atoms with Gasteiger partial charge in [0.2, 0.25) is 0 Å². The van der Waals surface area contributed by atoms with Gasteiger partial charge in [0.25, 0.3) is 0 Å². The van der Waals surface area contributed by atoms with Crippen molar-refractivity contribution < 1.29 is 13.2 Å². The molecular weight excluding hydrogens is 295 g/mol. The topological polar surface area (TPSA) is 12.0 Å². The van der Waals surface area contributed by atoms with Crippen LogP contribution in [0.2, 0.25) is 0 Å². The van der Waals surface area contributed by atoms with E-state index in [0.717, 1.165) is 13.0 Å². The van der Waals surface area contributed by atoms with Gasteiger partial charge in [0.15, 0.2) is 0 Å². The molecule has 1 unspecified atom stereocenters. The maximum absolute atomic E-state index is 12.3. The van der Waals surface area contributed by atoms with Gasteiger partial charge in [0, 0.05) is 11.8 Å². The van der Waals surface area contributed by atoms with Crippen LogP contribution in [0.5, 0.6) is 0 Å². The van der Waals surface area contributed by atoms with Crippen LogP contribution in [0.4, 0.5) is 13.2 Å². The van der Waals surface area contributed by atoms with Crippen LogP contribution in [0.25, 0.3) is 0 Å². The second kappa shape index (κ2) is 7.54. The smallest absolute Gasteiger partial charge is 0.314 e. The molecule has 0 amide bonds. The summed E-state index contributed by atoms with van der Waals surface area (Å²) in [7, 11) is 0. The largest absolute Gasteiger partial charge is 0.441 e. The normalized spacial score (nSPS) is 17.0. The number of hydrogen-bond acceptors (Lipinski definition) is 2. The van der Waals surface area contributed by atoms with E-state index in [-0.39, 0.29) is 23.4 Å². The van der Waals surface area contributed by atoms with Crippen LogP contribution >= 0.6 is 11.8 Å². The Morgan fingerprint density at radius 3 is 2.71 bits per heavy atom. The van der Waals surface area contributed by atoms with Gasteiger partial charge in [0.05, 0.1) is 0 Å². The molecule has 0 radical (unpaired) electrons. The van der Waals surface area contributed by atoms with Gasteiger partial charge in [0.1, 0.15) is 0 Å². The highest BCUT2D eigenvalue weighted by Gasteiger charge is 2.28. The quantitative estimate of drug-likeness (QED) is 0.755. The molecule has 1 nitrogen and oxygen atoms in total. The zero-order valence-corrected chi connectivity index (χ0v) is 13.1. The van der Waals surface area contributed by atoms with Crippen LogP contribution in [0, 0.1) is 12.8 Å². The van der Waals surface area contributed by atoms with Crippen LogP contribution in [-0.2, 0) is 6.42 Å². The van der Waals surface area contributed by atoms with E-state index in [1.54, 1.807) is 0 Å². The van der Waals surface area contributed by atoms with Crippen molar-refractivity contribution in [3.05, 3.63) is 35.4 Å². The number of nitrogens with one attached hydrogen (secondary N) is 1. The summed E-state index contributed by atoms with van der Waals surface area (Å²) in [6.45, 7) is 2.86. The molecule has 5 heteroatoms. The lowest BCUT2D eigenvalue weighted by Gasteiger charge is -2.18. The Balaban J connectivity index is 1.84. The summed E-state index contributed by atoms with van der Waals surface area (Å²) < 4.78 is 36.8. The van der Waals surface area contributed by atoms with Crippen molar-refractivity contribution in [2.75, 3.05) is 12.3 Å². The number of alkyl halides is 3. The molecule has 1 aromatic carbocycles. The molecule has 2 rings (SSSR count). The molecule has 0 bridgehead atoms. The maximum Gasteiger partial charge on any atom is 0.441 e. The van der Waals surface area contributed by atoms with Gasteiger partial charge in [-0.15, -0.1) is 0 Å². The Bertz CT molecular complexity index is 443. The third-order valence-electron chi connectivity index (χ3n) is 3.67. The average Bonchev–Trinajstić information content (AvgIpc) is 3.18. The van der Waals surface area contributed by atoms with Crippen LogP contribution in [0.1, 0.15) is 30.4 Å². The molecule has 1 aliphatic rings. The molecule has 0 heterocycles. The minimum Gasteiger partial charge on any atom is -0.314 e. The van der Waals surface area contributed by atoms with Crippen molar-refractivity contribution in [1.29, 1.82) is 0 Å². The summed E-state index contributed by atoms with van der Waals surface area (Å²) in [6.07, 6.45) is 3.85. The first-order valence-electron chi connectivity index (χ1n) is 7.42. The number of aryl methyl sites for hydroxylation is 1. The number of thioether (sulfide) groups is 1. The van der Waals surface area contributed by atoms with Crippen molar-refractivity contribution in [3.8, 4) is 0 Å². The number of benzene rings is 1. The van der Waals surface area contributed by atoms with Crippen LogP contribution in [0.3, 0.4) is 0 Å². The average molecular weight is 317 g/mol. The van der Waals surface area contributed by atoms with Gasteiger partial charge in [-0.2, -0.15) is 13.2 Å². The summed E-state index contributed by atoms with van der Waals surface area (Å²) in [6, 6.07) is 8.84. The zero-order chi connectivity index (χ0) is 15.3. The molecule has 118 valence electrons. The van der Waals surface area contributed by atoms with E-state index in [4.69, 9.17) is 0 Å². The number of hydrogen-bond donors (Lipinski definition) is 1. The molecule has 1 N–H and O–H groups in total. The third kappa shape index (κ3) is 7.23. The van der Waals surface area contributed by atoms with Crippen molar-refractivity contribution in [2.24, 2.45) is 5.92 Å². The van der Waals surface area contributed by atoms with E-state index in [0.29, 0.717) is 12.5 Å². The fourth-order valence-electron chi connectivity index (χ4n) is 2.41.